The first-order valence-corrected chi connectivity index (χ1v) is 6.56. The number of nitrogens with one attached hydrogen (secondary N) is 1. The van der Waals surface area contributed by atoms with E-state index in [1.54, 1.807) is 0 Å². The van der Waals surface area contributed by atoms with E-state index < -0.39 is 0 Å². The van der Waals surface area contributed by atoms with Gasteiger partial charge in [-0.1, -0.05) is 52.2 Å². The van der Waals surface area contributed by atoms with E-state index in [9.17, 15) is 0 Å². The highest BCUT2D eigenvalue weighted by atomic mass is 14.9. The molecule has 0 aromatic heterocycles. The molecule has 0 aromatic rings. The molecule has 0 radical (unpaired) electrons. The second-order valence-electron chi connectivity index (χ2n) is 4.55. The van der Waals surface area contributed by atoms with Gasteiger partial charge < -0.3 is 5.32 Å². The molecule has 0 aromatic carbocycles. The van der Waals surface area contributed by atoms with Crippen LogP contribution in [0, 0.1) is 5.92 Å². The Morgan fingerprint density at radius 2 is 1.80 bits per heavy atom. The third kappa shape index (κ3) is 5.99. The van der Waals surface area contributed by atoms with E-state index >= 15 is 0 Å². The molecule has 0 fully saturated rings. The Hall–Kier alpha value is -0.300. The van der Waals surface area contributed by atoms with Gasteiger partial charge in [0.25, 0.3) is 0 Å². The molecular formula is C14H29N. The number of unbranched alkanes of at least 4 members (excludes halogenated alkanes) is 1. The molecule has 2 unspecified atom stereocenters. The Morgan fingerprint density at radius 3 is 2.20 bits per heavy atom. The van der Waals surface area contributed by atoms with Crippen molar-refractivity contribution < 1.29 is 0 Å². The second-order valence-corrected chi connectivity index (χ2v) is 4.55. The number of hydrogen-bond acceptors (Lipinski definition) is 1. The minimum Gasteiger partial charge on any atom is -0.314 e. The zero-order chi connectivity index (χ0) is 11.7. The van der Waals surface area contributed by atoms with Crippen LogP contribution in [0.1, 0.15) is 59.8 Å². The molecule has 0 bridgehead atoms. The van der Waals surface area contributed by atoms with E-state index in [0.717, 1.165) is 6.54 Å². The minimum absolute atomic E-state index is 0.646. The van der Waals surface area contributed by atoms with Crippen molar-refractivity contribution in [2.45, 2.75) is 65.8 Å². The predicted octanol–water partition coefficient (Wildman–Crippen LogP) is 4.15. The summed E-state index contributed by atoms with van der Waals surface area (Å²) in [5.74, 6) is 0.668. The highest BCUT2D eigenvalue weighted by Crippen LogP contribution is 2.23. The lowest BCUT2D eigenvalue weighted by Gasteiger charge is -2.28. The van der Waals surface area contributed by atoms with Crippen LogP contribution in [0.5, 0.6) is 0 Å². The molecule has 2 atom stereocenters. The molecule has 90 valence electrons. The summed E-state index contributed by atoms with van der Waals surface area (Å²) in [6.45, 7) is 14.1. The van der Waals surface area contributed by atoms with Gasteiger partial charge in [0.15, 0.2) is 0 Å². The Labute approximate surface area is 96.3 Å². The zero-order valence-corrected chi connectivity index (χ0v) is 11.1. The molecule has 0 spiro atoms. The molecule has 1 heteroatoms. The lowest BCUT2D eigenvalue weighted by Crippen LogP contribution is -2.36. The summed E-state index contributed by atoms with van der Waals surface area (Å²) in [5, 5.41) is 3.62. The first-order valence-electron chi connectivity index (χ1n) is 6.56. The molecule has 0 saturated heterocycles. The quantitative estimate of drug-likeness (QED) is 0.565. The third-order valence-corrected chi connectivity index (χ3v) is 3.05. The van der Waals surface area contributed by atoms with Gasteiger partial charge in [-0.3, -0.25) is 0 Å². The highest BCUT2D eigenvalue weighted by Gasteiger charge is 2.19. The largest absolute Gasteiger partial charge is 0.314 e. The van der Waals surface area contributed by atoms with Crippen LogP contribution in [0.3, 0.4) is 0 Å². The SMILES string of the molecule is C=C(C)C(CCC)C(CCCC)NCC. The van der Waals surface area contributed by atoms with Gasteiger partial charge in [-0.2, -0.15) is 0 Å². The summed E-state index contributed by atoms with van der Waals surface area (Å²) in [7, 11) is 0. The van der Waals surface area contributed by atoms with Gasteiger partial charge >= 0.3 is 0 Å². The average molecular weight is 211 g/mol. The van der Waals surface area contributed by atoms with Crippen molar-refractivity contribution in [3.63, 3.8) is 0 Å². The first kappa shape index (κ1) is 14.7. The van der Waals surface area contributed by atoms with Crippen LogP contribution in [-0.4, -0.2) is 12.6 Å². The summed E-state index contributed by atoms with van der Waals surface area (Å²) in [5.41, 5.74) is 1.35. The summed E-state index contributed by atoms with van der Waals surface area (Å²) >= 11 is 0. The first-order chi connectivity index (χ1) is 7.17. The molecule has 0 saturated carbocycles. The van der Waals surface area contributed by atoms with Gasteiger partial charge in [0.2, 0.25) is 0 Å². The monoisotopic (exact) mass is 211 g/mol. The fraction of sp³-hybridized carbons (Fsp3) is 0.857. The molecular weight excluding hydrogens is 182 g/mol. The van der Waals surface area contributed by atoms with Crippen molar-refractivity contribution in [1.82, 2.24) is 5.32 Å². The standard InChI is InChI=1S/C14H29N/c1-6-9-11-14(15-8-3)13(10-7-2)12(4)5/h13-15H,4,6-11H2,1-3,5H3. The van der Waals surface area contributed by atoms with Crippen molar-refractivity contribution in [2.75, 3.05) is 6.54 Å². The lowest BCUT2D eigenvalue weighted by atomic mass is 9.86. The van der Waals surface area contributed by atoms with Gasteiger partial charge in [0, 0.05) is 6.04 Å². The smallest absolute Gasteiger partial charge is 0.0132 e. The molecule has 0 heterocycles. The molecule has 0 amide bonds. The van der Waals surface area contributed by atoms with Gasteiger partial charge in [0.05, 0.1) is 0 Å². The van der Waals surface area contributed by atoms with Crippen LogP contribution in [0.25, 0.3) is 0 Å². The van der Waals surface area contributed by atoms with Crippen LogP contribution in [0.2, 0.25) is 0 Å². The molecule has 0 aliphatic heterocycles. The van der Waals surface area contributed by atoms with Crippen molar-refractivity contribution in [1.29, 1.82) is 0 Å². The van der Waals surface area contributed by atoms with Crippen molar-refractivity contribution in [3.05, 3.63) is 12.2 Å². The maximum atomic E-state index is 4.15. The maximum Gasteiger partial charge on any atom is 0.0132 e. The van der Waals surface area contributed by atoms with E-state index in [0.29, 0.717) is 12.0 Å². The van der Waals surface area contributed by atoms with Crippen LogP contribution >= 0.6 is 0 Å². The molecule has 1 nitrogen and oxygen atoms in total. The third-order valence-electron chi connectivity index (χ3n) is 3.05. The normalized spacial score (nSPS) is 14.9. The van der Waals surface area contributed by atoms with Crippen molar-refractivity contribution >= 4 is 0 Å². The summed E-state index contributed by atoms with van der Waals surface area (Å²) < 4.78 is 0. The van der Waals surface area contributed by atoms with E-state index in [1.807, 2.05) is 0 Å². The fourth-order valence-electron chi connectivity index (χ4n) is 2.23. The Bertz CT molecular complexity index is 163. The minimum atomic E-state index is 0.646. The van der Waals surface area contributed by atoms with Gasteiger partial charge in [0.1, 0.15) is 0 Å². The molecule has 1 N–H and O–H groups in total. The van der Waals surface area contributed by atoms with Crippen molar-refractivity contribution in [2.24, 2.45) is 5.92 Å². The van der Waals surface area contributed by atoms with Gasteiger partial charge in [-0.05, 0) is 32.2 Å². The molecule has 0 aliphatic carbocycles. The molecule has 0 rings (SSSR count). The summed E-state index contributed by atoms with van der Waals surface area (Å²) in [4.78, 5) is 0. The molecule has 15 heavy (non-hydrogen) atoms. The number of hydrogen-bond donors (Lipinski definition) is 1. The Kier molecular flexibility index (Phi) is 8.79. The summed E-state index contributed by atoms with van der Waals surface area (Å²) in [6, 6.07) is 0.646. The van der Waals surface area contributed by atoms with Crippen LogP contribution in [0.4, 0.5) is 0 Å². The van der Waals surface area contributed by atoms with E-state index in [2.05, 4.69) is 39.6 Å². The maximum absolute atomic E-state index is 4.15. The van der Waals surface area contributed by atoms with Gasteiger partial charge in [-0.25, -0.2) is 0 Å². The number of rotatable bonds is 9. The van der Waals surface area contributed by atoms with Gasteiger partial charge in [-0.15, -0.1) is 0 Å². The van der Waals surface area contributed by atoms with Crippen LogP contribution in [-0.2, 0) is 0 Å². The predicted molar refractivity (Wildman–Crippen MR) is 70.2 cm³/mol. The topological polar surface area (TPSA) is 12.0 Å². The van der Waals surface area contributed by atoms with E-state index in [-0.39, 0.29) is 0 Å². The van der Waals surface area contributed by atoms with Crippen molar-refractivity contribution in [3.8, 4) is 0 Å². The second kappa shape index (κ2) is 8.96. The van der Waals surface area contributed by atoms with Crippen LogP contribution in [0.15, 0.2) is 12.2 Å². The highest BCUT2D eigenvalue weighted by molar-refractivity contribution is 5.01. The fourth-order valence-corrected chi connectivity index (χ4v) is 2.23. The van der Waals surface area contributed by atoms with E-state index in [4.69, 9.17) is 0 Å². The lowest BCUT2D eigenvalue weighted by molar-refractivity contribution is 0.352. The molecule has 0 aliphatic rings. The summed E-state index contributed by atoms with van der Waals surface area (Å²) in [6.07, 6.45) is 6.44. The van der Waals surface area contributed by atoms with E-state index in [1.165, 1.54) is 37.7 Å². The Balaban J connectivity index is 4.29. The Morgan fingerprint density at radius 1 is 1.13 bits per heavy atom. The average Bonchev–Trinajstić information content (AvgIpc) is 2.21. The van der Waals surface area contributed by atoms with Crippen LogP contribution < -0.4 is 5.32 Å². The zero-order valence-electron chi connectivity index (χ0n) is 11.1.